The first kappa shape index (κ1) is 17.6. The number of anilines is 1. The summed E-state index contributed by atoms with van der Waals surface area (Å²) in [6.07, 6.45) is 4.40. The van der Waals surface area contributed by atoms with E-state index in [1.165, 1.54) is 16.7 Å². The molecule has 0 aromatic heterocycles. The van der Waals surface area contributed by atoms with Crippen LogP contribution in [-0.2, 0) is 11.2 Å². The van der Waals surface area contributed by atoms with E-state index in [2.05, 4.69) is 52.7 Å². The highest BCUT2D eigenvalue weighted by molar-refractivity contribution is 5.99. The van der Waals surface area contributed by atoms with Gasteiger partial charge in [-0.1, -0.05) is 36.4 Å². The molecule has 5 rings (SSSR count). The number of piperidine rings is 1. The van der Waals surface area contributed by atoms with Crippen LogP contribution in [0.4, 0.5) is 5.69 Å². The average molecular weight is 369 g/mol. The number of carbonyl (C=O) groups excluding carboxylic acids is 1. The number of benzene rings is 2. The summed E-state index contributed by atoms with van der Waals surface area (Å²) in [5, 5.41) is 3.42. The van der Waals surface area contributed by atoms with E-state index in [4.69, 9.17) is 0 Å². The summed E-state index contributed by atoms with van der Waals surface area (Å²) >= 11 is 0. The van der Waals surface area contributed by atoms with Crippen molar-refractivity contribution in [2.24, 2.45) is 11.3 Å². The van der Waals surface area contributed by atoms with Crippen molar-refractivity contribution in [3.8, 4) is 11.1 Å². The second-order valence-corrected chi connectivity index (χ2v) is 7.82. The predicted octanol–water partition coefficient (Wildman–Crippen LogP) is 4.05. The average Bonchev–Trinajstić information content (AvgIpc) is 3.18. The maximum atomic E-state index is 13.1. The molecule has 2 aromatic carbocycles. The van der Waals surface area contributed by atoms with Gasteiger partial charge in [-0.05, 0) is 73.0 Å². The van der Waals surface area contributed by atoms with Gasteiger partial charge in [0.2, 0.25) is 5.91 Å². The molecule has 26 heavy (non-hydrogen) atoms. The molecule has 2 aliphatic heterocycles. The number of fused-ring (bicyclic) bond motifs is 1. The lowest BCUT2D eigenvalue weighted by atomic mass is 9.91. The van der Waals surface area contributed by atoms with Crippen molar-refractivity contribution < 1.29 is 4.79 Å². The van der Waals surface area contributed by atoms with Crippen molar-refractivity contribution in [2.45, 2.75) is 25.7 Å². The topological polar surface area (TPSA) is 32.3 Å². The third-order valence-electron chi connectivity index (χ3n) is 6.44. The van der Waals surface area contributed by atoms with Gasteiger partial charge in [0.15, 0.2) is 0 Å². The van der Waals surface area contributed by atoms with Gasteiger partial charge in [0.1, 0.15) is 0 Å². The second-order valence-electron chi connectivity index (χ2n) is 7.82. The Balaban J connectivity index is 0.00000168. The molecule has 0 radical (unpaired) electrons. The van der Waals surface area contributed by atoms with Gasteiger partial charge in [-0.3, -0.25) is 4.79 Å². The molecular weight excluding hydrogens is 344 g/mol. The van der Waals surface area contributed by atoms with Crippen LogP contribution in [0.3, 0.4) is 0 Å². The van der Waals surface area contributed by atoms with E-state index in [1.54, 1.807) is 0 Å². The van der Waals surface area contributed by atoms with Crippen molar-refractivity contribution in [3.63, 3.8) is 0 Å². The van der Waals surface area contributed by atoms with Crippen LogP contribution < -0.4 is 10.2 Å². The van der Waals surface area contributed by atoms with Crippen molar-refractivity contribution in [1.29, 1.82) is 0 Å². The fourth-order valence-electron chi connectivity index (χ4n) is 4.80. The Kier molecular flexibility index (Phi) is 4.54. The molecule has 1 spiro atoms. The van der Waals surface area contributed by atoms with Gasteiger partial charge >= 0.3 is 0 Å². The largest absolute Gasteiger partial charge is 0.317 e. The van der Waals surface area contributed by atoms with Crippen molar-refractivity contribution in [3.05, 3.63) is 54.1 Å². The van der Waals surface area contributed by atoms with E-state index in [9.17, 15) is 4.79 Å². The van der Waals surface area contributed by atoms with Gasteiger partial charge in [0, 0.05) is 18.2 Å². The minimum atomic E-state index is 0. The number of amides is 1. The second kappa shape index (κ2) is 6.71. The Labute approximate surface area is 161 Å². The van der Waals surface area contributed by atoms with Crippen LogP contribution in [0.25, 0.3) is 11.1 Å². The van der Waals surface area contributed by atoms with Crippen LogP contribution >= 0.6 is 12.4 Å². The lowest BCUT2D eigenvalue weighted by Gasteiger charge is -2.25. The standard InChI is InChI=1S/C22H24N2O.ClH/c25-21(19-15-22(19)9-11-23-12-10-22)24-13-8-18-14-17(6-7-20(18)24)16-4-2-1-3-5-16;/h1-7,14,19,23H,8-13,15H2;1H. The Morgan fingerprint density at radius 1 is 1.04 bits per heavy atom. The van der Waals surface area contributed by atoms with Crippen LogP contribution in [-0.4, -0.2) is 25.5 Å². The SMILES string of the molecule is Cl.O=C(C1CC12CCNCC2)N1CCc2cc(-c3ccccc3)ccc21. The van der Waals surface area contributed by atoms with Crippen LogP contribution in [0.1, 0.15) is 24.8 Å². The first-order chi connectivity index (χ1) is 12.3. The van der Waals surface area contributed by atoms with E-state index in [-0.39, 0.29) is 18.3 Å². The van der Waals surface area contributed by atoms with E-state index in [1.807, 2.05) is 6.07 Å². The highest BCUT2D eigenvalue weighted by Gasteiger charge is 2.58. The number of hydrogen-bond acceptors (Lipinski definition) is 2. The van der Waals surface area contributed by atoms with Gasteiger partial charge < -0.3 is 10.2 Å². The molecule has 2 fully saturated rings. The molecule has 3 nitrogen and oxygen atoms in total. The van der Waals surface area contributed by atoms with Crippen molar-refractivity contribution >= 4 is 24.0 Å². The number of nitrogens with one attached hydrogen (secondary N) is 1. The molecule has 0 bridgehead atoms. The number of nitrogens with zero attached hydrogens (tertiary/aromatic N) is 1. The minimum Gasteiger partial charge on any atom is -0.317 e. The summed E-state index contributed by atoms with van der Waals surface area (Å²) in [5.74, 6) is 0.627. The molecule has 1 saturated carbocycles. The summed E-state index contributed by atoms with van der Waals surface area (Å²) < 4.78 is 0. The van der Waals surface area contributed by atoms with E-state index in [0.717, 1.165) is 51.0 Å². The zero-order chi connectivity index (χ0) is 16.9. The molecule has 1 unspecified atom stereocenters. The molecule has 1 aliphatic carbocycles. The minimum absolute atomic E-state index is 0. The molecule has 4 heteroatoms. The Hall–Kier alpha value is -1.84. The third kappa shape index (κ3) is 2.83. The zero-order valence-electron chi connectivity index (χ0n) is 14.9. The van der Waals surface area contributed by atoms with Gasteiger partial charge in [0.25, 0.3) is 0 Å². The first-order valence-corrected chi connectivity index (χ1v) is 9.47. The molecule has 136 valence electrons. The van der Waals surface area contributed by atoms with Gasteiger partial charge in [-0.15, -0.1) is 12.4 Å². The van der Waals surface area contributed by atoms with Crippen molar-refractivity contribution in [1.82, 2.24) is 5.32 Å². The normalized spacial score (nSPS) is 22.6. The number of carbonyl (C=O) groups is 1. The molecular formula is C22H25ClN2O. The Morgan fingerprint density at radius 2 is 1.81 bits per heavy atom. The molecule has 1 N–H and O–H groups in total. The van der Waals surface area contributed by atoms with Crippen LogP contribution in [0.15, 0.2) is 48.5 Å². The molecule has 1 atom stereocenters. The Bertz CT molecular complexity index is 814. The first-order valence-electron chi connectivity index (χ1n) is 9.47. The zero-order valence-corrected chi connectivity index (χ0v) is 15.7. The fraction of sp³-hybridized carbons (Fsp3) is 0.409. The van der Waals surface area contributed by atoms with E-state index < -0.39 is 0 Å². The summed E-state index contributed by atoms with van der Waals surface area (Å²) in [6, 6.07) is 17.1. The van der Waals surface area contributed by atoms with Crippen molar-refractivity contribution in [2.75, 3.05) is 24.5 Å². The maximum Gasteiger partial charge on any atom is 0.230 e. The quantitative estimate of drug-likeness (QED) is 0.867. The lowest BCUT2D eigenvalue weighted by Crippen LogP contribution is -2.35. The molecule has 3 aliphatic rings. The van der Waals surface area contributed by atoms with E-state index >= 15 is 0 Å². The summed E-state index contributed by atoms with van der Waals surface area (Å²) in [5.41, 5.74) is 5.26. The number of halogens is 1. The molecule has 1 amide bonds. The highest BCUT2D eigenvalue weighted by Crippen LogP contribution is 2.59. The van der Waals surface area contributed by atoms with Gasteiger partial charge in [0.05, 0.1) is 0 Å². The molecule has 2 heterocycles. The Morgan fingerprint density at radius 3 is 2.58 bits per heavy atom. The summed E-state index contributed by atoms with van der Waals surface area (Å²) in [6.45, 7) is 2.98. The number of hydrogen-bond donors (Lipinski definition) is 1. The summed E-state index contributed by atoms with van der Waals surface area (Å²) in [4.78, 5) is 15.2. The highest BCUT2D eigenvalue weighted by atomic mass is 35.5. The molecule has 2 aromatic rings. The number of rotatable bonds is 2. The van der Waals surface area contributed by atoms with Gasteiger partial charge in [-0.25, -0.2) is 0 Å². The smallest absolute Gasteiger partial charge is 0.230 e. The van der Waals surface area contributed by atoms with Gasteiger partial charge in [-0.2, -0.15) is 0 Å². The summed E-state index contributed by atoms with van der Waals surface area (Å²) in [7, 11) is 0. The van der Waals surface area contributed by atoms with Crippen LogP contribution in [0.2, 0.25) is 0 Å². The van der Waals surface area contributed by atoms with Crippen LogP contribution in [0.5, 0.6) is 0 Å². The van der Waals surface area contributed by atoms with E-state index in [0.29, 0.717) is 11.3 Å². The van der Waals surface area contributed by atoms with Crippen LogP contribution in [0, 0.1) is 11.3 Å². The predicted molar refractivity (Wildman–Crippen MR) is 108 cm³/mol. The lowest BCUT2D eigenvalue weighted by molar-refractivity contribution is -0.120. The molecule has 1 saturated heterocycles. The fourth-order valence-corrected chi connectivity index (χ4v) is 4.80. The monoisotopic (exact) mass is 368 g/mol. The third-order valence-corrected chi connectivity index (χ3v) is 6.44. The maximum absolute atomic E-state index is 13.1.